The number of amides is 1. The highest BCUT2D eigenvalue weighted by Crippen LogP contribution is 2.22. The summed E-state index contributed by atoms with van der Waals surface area (Å²) in [5, 5.41) is 11.2. The quantitative estimate of drug-likeness (QED) is 0.892. The van der Waals surface area contributed by atoms with Crippen molar-refractivity contribution in [2.75, 3.05) is 0 Å². The molecule has 0 aromatic carbocycles. The molecule has 2 N–H and O–H groups in total. The van der Waals surface area contributed by atoms with E-state index < -0.39 is 0 Å². The molecule has 0 spiro atoms. The molecule has 2 rings (SSSR count). The first kappa shape index (κ1) is 15.7. The van der Waals surface area contributed by atoms with Gasteiger partial charge in [0.15, 0.2) is 0 Å². The molecule has 0 unspecified atom stereocenters. The zero-order valence-electron chi connectivity index (χ0n) is 13.2. The molecule has 6 heteroatoms. The fourth-order valence-electron chi connectivity index (χ4n) is 2.34. The number of thiazole rings is 1. The second kappa shape index (κ2) is 6.39. The highest BCUT2D eigenvalue weighted by molar-refractivity contribution is 7.11. The number of nitrogens with zero attached hydrogens (tertiary/aromatic N) is 2. The number of aromatic amines is 1. The zero-order valence-corrected chi connectivity index (χ0v) is 14.0. The number of carbonyl (C=O) groups is 1. The molecular weight excluding hydrogens is 284 g/mol. The number of H-pyrrole nitrogens is 1. The van der Waals surface area contributed by atoms with Gasteiger partial charge in [-0.05, 0) is 40.2 Å². The lowest BCUT2D eigenvalue weighted by atomic mass is 10.1. The van der Waals surface area contributed by atoms with Gasteiger partial charge in [-0.1, -0.05) is 0 Å². The Hall–Kier alpha value is -1.69. The molecule has 0 aliphatic rings. The Labute approximate surface area is 129 Å². The van der Waals surface area contributed by atoms with E-state index in [1.807, 2.05) is 34.6 Å². The van der Waals surface area contributed by atoms with Crippen molar-refractivity contribution in [3.63, 3.8) is 0 Å². The molecular formula is C15H22N4OS. The third-order valence-corrected chi connectivity index (χ3v) is 4.57. The molecule has 0 saturated carbocycles. The number of nitrogens with one attached hydrogen (secondary N) is 2. The number of hydrogen-bond acceptors (Lipinski definition) is 4. The van der Waals surface area contributed by atoms with E-state index in [2.05, 4.69) is 20.5 Å². The van der Waals surface area contributed by atoms with E-state index in [0.717, 1.165) is 27.7 Å². The standard InChI is InChI=1S/C15H22N4OS/c1-8-9(2)18-19-13(8)6-7-14(20)16-10(3)15-11(4)21-12(5)17-15/h10H,6-7H2,1-5H3,(H,16,20)(H,18,19)/t10-/m1/s1. The van der Waals surface area contributed by atoms with Crippen molar-refractivity contribution >= 4 is 17.2 Å². The van der Waals surface area contributed by atoms with E-state index in [9.17, 15) is 4.79 Å². The SMILES string of the molecule is Cc1nc([C@@H](C)NC(=O)CCc2n[nH]c(C)c2C)c(C)s1. The van der Waals surface area contributed by atoms with Crippen LogP contribution in [0.1, 0.15) is 51.9 Å². The van der Waals surface area contributed by atoms with Gasteiger partial charge in [0.2, 0.25) is 5.91 Å². The maximum atomic E-state index is 12.1. The van der Waals surface area contributed by atoms with Gasteiger partial charge in [-0.3, -0.25) is 9.89 Å². The molecule has 0 aliphatic heterocycles. The molecule has 21 heavy (non-hydrogen) atoms. The van der Waals surface area contributed by atoms with Gasteiger partial charge < -0.3 is 5.32 Å². The molecule has 114 valence electrons. The van der Waals surface area contributed by atoms with Gasteiger partial charge in [0.05, 0.1) is 22.4 Å². The Bertz CT molecular complexity index is 644. The summed E-state index contributed by atoms with van der Waals surface area (Å²) in [4.78, 5) is 17.7. The number of aromatic nitrogens is 3. The van der Waals surface area contributed by atoms with Crippen molar-refractivity contribution < 1.29 is 4.79 Å². The first-order valence-electron chi connectivity index (χ1n) is 7.12. The summed E-state index contributed by atoms with van der Waals surface area (Å²) in [7, 11) is 0. The van der Waals surface area contributed by atoms with Crippen LogP contribution in [0.3, 0.4) is 0 Å². The summed E-state index contributed by atoms with van der Waals surface area (Å²) in [6.07, 6.45) is 1.10. The summed E-state index contributed by atoms with van der Waals surface area (Å²) in [6, 6.07) is -0.0514. The van der Waals surface area contributed by atoms with Gasteiger partial charge in [0, 0.05) is 23.4 Å². The number of carbonyl (C=O) groups excluding carboxylic acids is 1. The first-order chi connectivity index (χ1) is 9.88. The third kappa shape index (κ3) is 3.69. The van der Waals surface area contributed by atoms with Crippen molar-refractivity contribution in [1.82, 2.24) is 20.5 Å². The average Bonchev–Trinajstić information content (AvgIpc) is 2.91. The molecule has 0 aliphatic carbocycles. The van der Waals surface area contributed by atoms with E-state index in [-0.39, 0.29) is 11.9 Å². The smallest absolute Gasteiger partial charge is 0.220 e. The first-order valence-corrected chi connectivity index (χ1v) is 7.94. The zero-order chi connectivity index (χ0) is 15.6. The lowest BCUT2D eigenvalue weighted by molar-refractivity contribution is -0.121. The van der Waals surface area contributed by atoms with Crippen LogP contribution in [0.4, 0.5) is 0 Å². The van der Waals surface area contributed by atoms with Crippen LogP contribution in [0.15, 0.2) is 0 Å². The topological polar surface area (TPSA) is 70.7 Å². The summed E-state index contributed by atoms with van der Waals surface area (Å²) in [6.45, 7) is 10.0. The molecule has 2 aromatic heterocycles. The van der Waals surface area contributed by atoms with E-state index in [0.29, 0.717) is 12.8 Å². The number of aryl methyl sites for hydroxylation is 4. The lowest BCUT2D eigenvalue weighted by Gasteiger charge is -2.12. The van der Waals surface area contributed by atoms with Crippen LogP contribution in [0, 0.1) is 27.7 Å². The Morgan fingerprint density at radius 3 is 2.57 bits per heavy atom. The minimum atomic E-state index is -0.0514. The average molecular weight is 306 g/mol. The van der Waals surface area contributed by atoms with Crippen molar-refractivity contribution in [1.29, 1.82) is 0 Å². The van der Waals surface area contributed by atoms with Gasteiger partial charge in [-0.2, -0.15) is 5.10 Å². The van der Waals surface area contributed by atoms with Crippen LogP contribution in [0.5, 0.6) is 0 Å². The van der Waals surface area contributed by atoms with E-state index in [4.69, 9.17) is 0 Å². The monoisotopic (exact) mass is 306 g/mol. The summed E-state index contributed by atoms with van der Waals surface area (Å²) in [5.41, 5.74) is 4.14. The summed E-state index contributed by atoms with van der Waals surface area (Å²) < 4.78 is 0. The highest BCUT2D eigenvalue weighted by Gasteiger charge is 2.16. The molecule has 0 radical (unpaired) electrons. The van der Waals surface area contributed by atoms with Crippen LogP contribution in [-0.4, -0.2) is 21.1 Å². The predicted octanol–water partition coefficient (Wildman–Crippen LogP) is 2.91. The molecule has 2 heterocycles. The van der Waals surface area contributed by atoms with Crippen LogP contribution in [0.2, 0.25) is 0 Å². The van der Waals surface area contributed by atoms with E-state index in [1.165, 1.54) is 4.88 Å². The molecule has 2 aromatic rings. The molecule has 0 bridgehead atoms. The molecule has 1 atom stereocenters. The molecule has 1 amide bonds. The van der Waals surface area contributed by atoms with Gasteiger partial charge >= 0.3 is 0 Å². The maximum absolute atomic E-state index is 12.1. The number of rotatable bonds is 5. The lowest BCUT2D eigenvalue weighted by Crippen LogP contribution is -2.27. The minimum Gasteiger partial charge on any atom is -0.348 e. The second-order valence-corrected chi connectivity index (χ2v) is 6.79. The van der Waals surface area contributed by atoms with Crippen LogP contribution >= 0.6 is 11.3 Å². The predicted molar refractivity (Wildman–Crippen MR) is 84.5 cm³/mol. The van der Waals surface area contributed by atoms with Gasteiger partial charge in [-0.25, -0.2) is 4.98 Å². The van der Waals surface area contributed by atoms with Crippen molar-refractivity contribution in [2.45, 2.75) is 53.5 Å². The Kier molecular flexibility index (Phi) is 4.77. The van der Waals surface area contributed by atoms with Crippen LogP contribution < -0.4 is 5.32 Å². The van der Waals surface area contributed by atoms with Crippen molar-refractivity contribution in [2.24, 2.45) is 0 Å². The second-order valence-electron chi connectivity index (χ2n) is 5.38. The minimum absolute atomic E-state index is 0.0348. The fourth-order valence-corrected chi connectivity index (χ4v) is 3.25. The molecule has 0 fully saturated rings. The van der Waals surface area contributed by atoms with Crippen LogP contribution in [-0.2, 0) is 11.2 Å². The fraction of sp³-hybridized carbons (Fsp3) is 0.533. The van der Waals surface area contributed by atoms with Gasteiger partial charge in [0.1, 0.15) is 0 Å². The van der Waals surface area contributed by atoms with E-state index in [1.54, 1.807) is 11.3 Å². The van der Waals surface area contributed by atoms with E-state index >= 15 is 0 Å². The number of hydrogen-bond donors (Lipinski definition) is 2. The largest absolute Gasteiger partial charge is 0.348 e. The summed E-state index contributed by atoms with van der Waals surface area (Å²) in [5.74, 6) is 0.0348. The Balaban J connectivity index is 1.90. The normalized spacial score (nSPS) is 12.4. The highest BCUT2D eigenvalue weighted by atomic mass is 32.1. The summed E-state index contributed by atoms with van der Waals surface area (Å²) >= 11 is 1.66. The van der Waals surface area contributed by atoms with Gasteiger partial charge in [-0.15, -0.1) is 11.3 Å². The van der Waals surface area contributed by atoms with Crippen molar-refractivity contribution in [3.8, 4) is 0 Å². The van der Waals surface area contributed by atoms with Crippen LogP contribution in [0.25, 0.3) is 0 Å². The van der Waals surface area contributed by atoms with Crippen molar-refractivity contribution in [3.05, 3.63) is 32.5 Å². The Morgan fingerprint density at radius 1 is 1.33 bits per heavy atom. The molecule has 0 saturated heterocycles. The maximum Gasteiger partial charge on any atom is 0.220 e. The van der Waals surface area contributed by atoms with Gasteiger partial charge in [0.25, 0.3) is 0 Å². The Morgan fingerprint density at radius 2 is 2.05 bits per heavy atom. The third-order valence-electron chi connectivity index (χ3n) is 3.67. The molecule has 5 nitrogen and oxygen atoms in total.